The monoisotopic (exact) mass is 434 g/mol. The first-order valence-electron chi connectivity index (χ1n) is 13.6. The predicted octanol–water partition coefficient (Wildman–Crippen LogP) is 5.42. The van der Waals surface area contributed by atoms with Crippen LogP contribution in [-0.2, 0) is 4.79 Å². The van der Waals surface area contributed by atoms with E-state index in [9.17, 15) is 20.1 Å². The number of hydrogen-bond acceptors (Lipinski definition) is 3. The van der Waals surface area contributed by atoms with E-state index in [1.807, 2.05) is 0 Å². The molecule has 31 heavy (non-hydrogen) atoms. The molecule has 0 aromatic carbocycles. The number of carboxylic acids is 1. The second-order valence-electron chi connectivity index (χ2n) is 11.9. The molecule has 0 bridgehead atoms. The first kappa shape index (κ1) is 20.7. The lowest BCUT2D eigenvalue weighted by molar-refractivity contribution is -0.141. The van der Waals surface area contributed by atoms with Gasteiger partial charge in [-0.15, -0.1) is 0 Å². The highest BCUT2D eigenvalue weighted by atomic mass is 16.4. The Morgan fingerprint density at radius 1 is 1.13 bits per heavy atom. The zero-order valence-electron chi connectivity index (χ0n) is 21.9. The van der Waals surface area contributed by atoms with Gasteiger partial charge in [-0.2, -0.15) is 0 Å². The molecular weight excluding hydrogens is 388 g/mol. The number of rotatable bonds is 6. The van der Waals surface area contributed by atoms with Crippen LogP contribution in [0, 0.1) is 46.3 Å². The van der Waals surface area contributed by atoms with Gasteiger partial charge in [0.1, 0.15) is 0 Å². The van der Waals surface area contributed by atoms with Gasteiger partial charge < -0.3 is 15.3 Å². The fraction of sp³-hybridized carbons (Fsp3) is 0.889. The van der Waals surface area contributed by atoms with E-state index in [1.54, 1.807) is 13.0 Å². The van der Waals surface area contributed by atoms with Crippen molar-refractivity contribution in [2.24, 2.45) is 46.3 Å². The maximum Gasteiger partial charge on any atom is 0.306 e. The van der Waals surface area contributed by atoms with Crippen molar-refractivity contribution in [2.75, 3.05) is 0 Å². The minimum absolute atomic E-state index is 0.0978. The fourth-order valence-electron chi connectivity index (χ4n) is 8.30. The largest absolute Gasteiger partial charge is 0.481 e. The fourth-order valence-corrected chi connectivity index (χ4v) is 8.30. The molecule has 4 rings (SSSR count). The van der Waals surface area contributed by atoms with Crippen LogP contribution in [0.4, 0.5) is 0 Å². The summed E-state index contributed by atoms with van der Waals surface area (Å²) < 4.78 is 17.1. The van der Waals surface area contributed by atoms with Crippen LogP contribution in [0.2, 0.25) is 0 Å². The minimum Gasteiger partial charge on any atom is -0.481 e. The third-order valence-electron chi connectivity index (χ3n) is 10.3. The van der Waals surface area contributed by atoms with Gasteiger partial charge in [-0.25, -0.2) is 0 Å². The van der Waals surface area contributed by atoms with Crippen molar-refractivity contribution in [1.29, 1.82) is 0 Å². The lowest BCUT2D eigenvalue weighted by atomic mass is 9.46. The van der Waals surface area contributed by atoms with E-state index < -0.39 is 18.1 Å². The summed E-state index contributed by atoms with van der Waals surface area (Å²) in [7, 11) is 0. The lowest BCUT2D eigenvalue weighted by Crippen LogP contribution is -2.54. The molecule has 0 aliphatic heterocycles. The molecule has 4 nitrogen and oxygen atoms in total. The molecule has 176 valence electrons. The zero-order chi connectivity index (χ0) is 24.4. The molecule has 1 unspecified atom stereocenters. The zero-order valence-corrected chi connectivity index (χ0v) is 19.9. The van der Waals surface area contributed by atoms with Crippen LogP contribution >= 0.6 is 0 Å². The van der Waals surface area contributed by atoms with Crippen molar-refractivity contribution in [3.63, 3.8) is 0 Å². The number of hydrogen-bond donors (Lipinski definition) is 3. The van der Waals surface area contributed by atoms with Gasteiger partial charge in [-0.3, -0.25) is 4.79 Å². The van der Waals surface area contributed by atoms with Gasteiger partial charge >= 0.3 is 5.97 Å². The standard InChI is InChI=1S/C27H44O4/c1-16(6-5-7-17(2)25(30)31)20-8-9-21-24-22(11-13-27(20,21)4)26(3)12-10-19(28)14-18(26)15-23(24)29/h15-17,19-24,28-29H,5-14H2,1-4H3,(H,30,31)/t16-,17?,19+,20-,21+,22+,23-,24+,26+,27-/m1/s1/i19D,23D. The van der Waals surface area contributed by atoms with Gasteiger partial charge in [0.2, 0.25) is 0 Å². The highest BCUT2D eigenvalue weighted by Crippen LogP contribution is 2.67. The first-order valence-corrected chi connectivity index (χ1v) is 12.6. The molecule has 10 atom stereocenters. The average Bonchev–Trinajstić information content (AvgIpc) is 3.05. The normalized spacial score (nSPS) is 52.0. The Kier molecular flexibility index (Phi) is 5.67. The van der Waals surface area contributed by atoms with Crippen molar-refractivity contribution in [3.05, 3.63) is 11.6 Å². The molecule has 0 heterocycles. The molecule has 4 heteroatoms. The predicted molar refractivity (Wildman–Crippen MR) is 122 cm³/mol. The van der Waals surface area contributed by atoms with Crippen LogP contribution in [0.1, 0.15) is 94.6 Å². The van der Waals surface area contributed by atoms with Crippen LogP contribution < -0.4 is 0 Å². The topological polar surface area (TPSA) is 77.8 Å². The molecule has 3 fully saturated rings. The SMILES string of the molecule is [2H][C@]1(O)CC[C@@]2(C)C(=C[C@@]([2H])(O)[C@H]3[C@@H]4CC[C@H]([C@H](C)CCCC(C)C(=O)O)[C@@]4(C)CC[C@@H]32)C1. The van der Waals surface area contributed by atoms with Crippen LogP contribution in [-0.4, -0.2) is 33.4 Å². The molecule has 3 N–H and O–H groups in total. The summed E-state index contributed by atoms with van der Waals surface area (Å²) in [4.78, 5) is 11.2. The van der Waals surface area contributed by atoms with Crippen LogP contribution in [0.5, 0.6) is 0 Å². The molecule has 0 aromatic heterocycles. The highest BCUT2D eigenvalue weighted by Gasteiger charge is 2.61. The lowest BCUT2D eigenvalue weighted by Gasteiger charge is -2.59. The Morgan fingerprint density at radius 3 is 2.58 bits per heavy atom. The maximum atomic E-state index is 11.4. The number of fused-ring (bicyclic) bond motifs is 5. The maximum absolute atomic E-state index is 11.4. The Balaban J connectivity index is 1.54. The quantitative estimate of drug-likeness (QED) is 0.488. The number of carbonyl (C=O) groups is 1. The van der Waals surface area contributed by atoms with E-state index in [0.717, 1.165) is 56.9 Å². The molecule has 0 spiro atoms. The van der Waals surface area contributed by atoms with E-state index in [-0.39, 0.29) is 35.0 Å². The number of aliphatic hydroxyl groups is 2. The number of carboxylic acid groups (broad SMARTS) is 1. The molecule has 0 amide bonds. The second-order valence-corrected chi connectivity index (χ2v) is 11.9. The summed E-state index contributed by atoms with van der Waals surface area (Å²) in [5, 5.41) is 31.0. The van der Waals surface area contributed by atoms with Crippen molar-refractivity contribution in [3.8, 4) is 0 Å². The third-order valence-corrected chi connectivity index (χ3v) is 10.3. The van der Waals surface area contributed by atoms with Crippen LogP contribution in [0.3, 0.4) is 0 Å². The van der Waals surface area contributed by atoms with Gasteiger partial charge in [0.05, 0.1) is 20.8 Å². The molecular formula is C27H44O4. The van der Waals surface area contributed by atoms with Crippen LogP contribution in [0.15, 0.2) is 11.6 Å². The highest BCUT2D eigenvalue weighted by molar-refractivity contribution is 5.69. The molecule has 0 radical (unpaired) electrons. The molecule has 0 aromatic rings. The van der Waals surface area contributed by atoms with E-state index in [1.165, 1.54) is 0 Å². The van der Waals surface area contributed by atoms with Gasteiger partial charge in [-0.1, -0.05) is 52.2 Å². The summed E-state index contributed by atoms with van der Waals surface area (Å²) in [6, 6.07) is 0. The third kappa shape index (κ3) is 3.90. The van der Waals surface area contributed by atoms with E-state index in [4.69, 9.17) is 2.74 Å². The smallest absolute Gasteiger partial charge is 0.306 e. The summed E-state index contributed by atoms with van der Waals surface area (Å²) in [5.41, 5.74) is 0.883. The average molecular weight is 435 g/mol. The van der Waals surface area contributed by atoms with Crippen molar-refractivity contribution < 1.29 is 22.9 Å². The van der Waals surface area contributed by atoms with E-state index in [0.29, 0.717) is 24.2 Å². The summed E-state index contributed by atoms with van der Waals surface area (Å²) in [6.45, 7) is 8.75. The van der Waals surface area contributed by atoms with Gasteiger partial charge in [-0.05, 0) is 91.8 Å². The summed E-state index contributed by atoms with van der Waals surface area (Å²) in [6.07, 6.45) is 6.97. The summed E-state index contributed by atoms with van der Waals surface area (Å²) >= 11 is 0. The molecule has 4 aliphatic rings. The van der Waals surface area contributed by atoms with Gasteiger partial charge in [0, 0.05) is 0 Å². The molecule has 3 saturated carbocycles. The first-order chi connectivity index (χ1) is 15.2. The molecule has 4 aliphatic carbocycles. The van der Waals surface area contributed by atoms with Gasteiger partial charge in [0.15, 0.2) is 0 Å². The molecule has 0 saturated heterocycles. The van der Waals surface area contributed by atoms with Crippen LogP contribution in [0.25, 0.3) is 0 Å². The van der Waals surface area contributed by atoms with Crippen molar-refractivity contribution >= 4 is 5.97 Å². The van der Waals surface area contributed by atoms with E-state index in [2.05, 4.69) is 20.8 Å². The number of aliphatic carboxylic acids is 1. The Morgan fingerprint density at radius 2 is 1.87 bits per heavy atom. The van der Waals surface area contributed by atoms with Gasteiger partial charge in [0.25, 0.3) is 0 Å². The Bertz CT molecular complexity index is 808. The van der Waals surface area contributed by atoms with Crippen molar-refractivity contribution in [2.45, 2.75) is 104 Å². The van der Waals surface area contributed by atoms with Crippen molar-refractivity contribution in [1.82, 2.24) is 0 Å². The van der Waals surface area contributed by atoms with E-state index >= 15 is 0 Å². The minimum atomic E-state index is -1.64. The Labute approximate surface area is 191 Å². The second kappa shape index (κ2) is 8.48. The Hall–Kier alpha value is -0.870. The summed E-state index contributed by atoms with van der Waals surface area (Å²) in [5.74, 6) is 0.463.